The summed E-state index contributed by atoms with van der Waals surface area (Å²) in [6, 6.07) is 7.90. The van der Waals surface area contributed by atoms with Gasteiger partial charge in [0, 0.05) is 7.05 Å². The highest BCUT2D eigenvalue weighted by molar-refractivity contribution is 5.81. The van der Waals surface area contributed by atoms with Crippen molar-refractivity contribution in [3.05, 3.63) is 30.1 Å². The molecule has 0 radical (unpaired) electrons. The summed E-state index contributed by atoms with van der Waals surface area (Å²) >= 11 is 0. The first-order valence-electron chi connectivity index (χ1n) is 8.51. The Labute approximate surface area is 137 Å². The van der Waals surface area contributed by atoms with Gasteiger partial charge in [-0.15, -0.1) is 0 Å². The number of amides is 1. The molecule has 1 amide bonds. The predicted molar refractivity (Wildman–Crippen MR) is 90.0 cm³/mol. The predicted octanol–water partition coefficient (Wildman–Crippen LogP) is 3.26. The van der Waals surface area contributed by atoms with Crippen LogP contribution in [0.5, 0.6) is 0 Å². The van der Waals surface area contributed by atoms with E-state index >= 15 is 0 Å². The lowest BCUT2D eigenvalue weighted by Crippen LogP contribution is -2.39. The Balaban J connectivity index is 1.63. The first kappa shape index (κ1) is 16.0. The lowest BCUT2D eigenvalue weighted by molar-refractivity contribution is -0.147. The van der Waals surface area contributed by atoms with E-state index in [1.54, 1.807) is 4.90 Å². The Morgan fingerprint density at radius 2 is 2.13 bits per heavy atom. The fourth-order valence-electron chi connectivity index (χ4n) is 3.21. The molecule has 1 aromatic heterocycles. The minimum atomic E-state index is -0.340. The fourth-order valence-corrected chi connectivity index (χ4v) is 3.21. The number of ether oxygens (including phenoxy) is 1. The summed E-state index contributed by atoms with van der Waals surface area (Å²) in [5, 5.41) is 0. The van der Waals surface area contributed by atoms with Crippen LogP contribution in [0.3, 0.4) is 0 Å². The maximum atomic E-state index is 12.6. The number of fused-ring (bicyclic) bond motifs is 1. The Morgan fingerprint density at radius 3 is 2.83 bits per heavy atom. The summed E-state index contributed by atoms with van der Waals surface area (Å²) in [6.07, 6.45) is 5.21. The SMILES string of the molecule is CC[C@H](OC1CCCC1)C(=O)N(C)Cc1nc2ccccc2[nH]1. The zero-order valence-corrected chi connectivity index (χ0v) is 13.9. The van der Waals surface area contributed by atoms with Crippen LogP contribution in [-0.4, -0.2) is 40.0 Å². The van der Waals surface area contributed by atoms with Crippen LogP contribution >= 0.6 is 0 Å². The molecule has 0 aliphatic heterocycles. The minimum absolute atomic E-state index is 0.0415. The molecule has 0 spiro atoms. The second kappa shape index (κ2) is 7.13. The van der Waals surface area contributed by atoms with Crippen molar-refractivity contribution >= 4 is 16.9 Å². The molecular formula is C18H25N3O2. The van der Waals surface area contributed by atoms with Crippen molar-refractivity contribution in [1.82, 2.24) is 14.9 Å². The summed E-state index contributed by atoms with van der Waals surface area (Å²) in [4.78, 5) is 22.1. The highest BCUT2D eigenvalue weighted by Gasteiger charge is 2.26. The van der Waals surface area contributed by atoms with Crippen LogP contribution in [0, 0.1) is 0 Å². The molecule has 5 heteroatoms. The summed E-state index contributed by atoms with van der Waals surface area (Å²) in [5.74, 6) is 0.845. The quantitative estimate of drug-likeness (QED) is 0.890. The van der Waals surface area contributed by atoms with E-state index in [9.17, 15) is 4.79 Å². The van der Waals surface area contributed by atoms with Gasteiger partial charge in [-0.25, -0.2) is 4.98 Å². The molecule has 1 aromatic carbocycles. The molecule has 1 heterocycles. The Hall–Kier alpha value is -1.88. The Kier molecular flexibility index (Phi) is 4.96. The molecule has 0 saturated heterocycles. The lowest BCUT2D eigenvalue weighted by Gasteiger charge is -2.25. The average Bonchev–Trinajstić information content (AvgIpc) is 3.20. The van der Waals surface area contributed by atoms with E-state index in [4.69, 9.17) is 4.74 Å². The Morgan fingerprint density at radius 1 is 1.39 bits per heavy atom. The molecule has 1 saturated carbocycles. The maximum absolute atomic E-state index is 12.6. The number of imidazole rings is 1. The standard InChI is InChI=1S/C18H25N3O2/c1-3-16(23-13-8-4-5-9-13)18(22)21(2)12-17-19-14-10-6-7-11-15(14)20-17/h6-7,10-11,13,16H,3-5,8-9,12H2,1-2H3,(H,19,20)/t16-/m0/s1. The summed E-state index contributed by atoms with van der Waals surface area (Å²) in [6.45, 7) is 2.48. The van der Waals surface area contributed by atoms with Gasteiger partial charge in [-0.2, -0.15) is 0 Å². The third-order valence-electron chi connectivity index (χ3n) is 4.51. The van der Waals surface area contributed by atoms with E-state index in [1.165, 1.54) is 12.8 Å². The molecule has 5 nitrogen and oxygen atoms in total. The number of nitrogens with one attached hydrogen (secondary N) is 1. The number of rotatable bonds is 6. The molecule has 1 aliphatic rings. The van der Waals surface area contributed by atoms with Crippen LogP contribution in [-0.2, 0) is 16.1 Å². The van der Waals surface area contributed by atoms with Gasteiger partial charge in [0.25, 0.3) is 5.91 Å². The third kappa shape index (κ3) is 3.72. The average molecular weight is 315 g/mol. The van der Waals surface area contributed by atoms with Crippen LogP contribution < -0.4 is 0 Å². The highest BCUT2D eigenvalue weighted by Crippen LogP contribution is 2.23. The second-order valence-electron chi connectivity index (χ2n) is 6.33. The van der Waals surface area contributed by atoms with Crippen molar-refractivity contribution in [2.24, 2.45) is 0 Å². The number of aromatic nitrogens is 2. The smallest absolute Gasteiger partial charge is 0.251 e. The fraction of sp³-hybridized carbons (Fsp3) is 0.556. The van der Waals surface area contributed by atoms with Crippen LogP contribution in [0.2, 0.25) is 0 Å². The molecule has 0 unspecified atom stereocenters. The molecule has 0 bridgehead atoms. The van der Waals surface area contributed by atoms with Crippen LogP contribution in [0.15, 0.2) is 24.3 Å². The van der Waals surface area contributed by atoms with Crippen LogP contribution in [0.4, 0.5) is 0 Å². The monoisotopic (exact) mass is 315 g/mol. The number of benzene rings is 1. The van der Waals surface area contributed by atoms with Gasteiger partial charge in [0.2, 0.25) is 0 Å². The summed E-state index contributed by atoms with van der Waals surface area (Å²) in [7, 11) is 1.82. The molecule has 23 heavy (non-hydrogen) atoms. The number of hydrogen-bond donors (Lipinski definition) is 1. The van der Waals surface area contributed by atoms with Crippen molar-refractivity contribution < 1.29 is 9.53 Å². The van der Waals surface area contributed by atoms with Gasteiger partial charge < -0.3 is 14.6 Å². The number of nitrogens with zero attached hydrogens (tertiary/aromatic N) is 2. The number of carbonyl (C=O) groups excluding carboxylic acids is 1. The molecule has 1 fully saturated rings. The van der Waals surface area contributed by atoms with Crippen molar-refractivity contribution in [3.63, 3.8) is 0 Å². The van der Waals surface area contributed by atoms with E-state index in [0.717, 1.165) is 29.7 Å². The van der Waals surface area contributed by atoms with Crippen molar-refractivity contribution in [1.29, 1.82) is 0 Å². The normalized spacial score (nSPS) is 16.8. The van der Waals surface area contributed by atoms with Gasteiger partial charge in [0.05, 0.1) is 23.7 Å². The number of aromatic amines is 1. The van der Waals surface area contributed by atoms with Gasteiger partial charge in [0.15, 0.2) is 0 Å². The molecule has 2 aromatic rings. The first-order chi connectivity index (χ1) is 11.2. The van der Waals surface area contributed by atoms with E-state index in [-0.39, 0.29) is 18.1 Å². The van der Waals surface area contributed by atoms with Crippen LogP contribution in [0.25, 0.3) is 11.0 Å². The summed E-state index contributed by atoms with van der Waals surface area (Å²) < 4.78 is 6.02. The minimum Gasteiger partial charge on any atom is -0.365 e. The number of likely N-dealkylation sites (N-methyl/N-ethyl adjacent to an activating group) is 1. The van der Waals surface area contributed by atoms with Gasteiger partial charge in [-0.3, -0.25) is 4.79 Å². The molecule has 3 rings (SSSR count). The lowest BCUT2D eigenvalue weighted by atomic mass is 10.2. The van der Waals surface area contributed by atoms with E-state index in [0.29, 0.717) is 13.0 Å². The van der Waals surface area contributed by atoms with Gasteiger partial charge >= 0.3 is 0 Å². The van der Waals surface area contributed by atoms with E-state index in [2.05, 4.69) is 9.97 Å². The topological polar surface area (TPSA) is 58.2 Å². The van der Waals surface area contributed by atoms with Crippen molar-refractivity contribution in [2.45, 2.75) is 57.8 Å². The van der Waals surface area contributed by atoms with Gasteiger partial charge in [-0.05, 0) is 31.4 Å². The number of hydrogen-bond acceptors (Lipinski definition) is 3. The van der Waals surface area contributed by atoms with Crippen LogP contribution in [0.1, 0.15) is 44.9 Å². The molecular weight excluding hydrogens is 290 g/mol. The van der Waals surface area contributed by atoms with Crippen molar-refractivity contribution in [3.8, 4) is 0 Å². The zero-order valence-electron chi connectivity index (χ0n) is 13.9. The largest absolute Gasteiger partial charge is 0.365 e. The highest BCUT2D eigenvalue weighted by atomic mass is 16.5. The molecule has 124 valence electrons. The molecule has 1 atom stereocenters. The van der Waals surface area contributed by atoms with Gasteiger partial charge in [-0.1, -0.05) is 31.9 Å². The maximum Gasteiger partial charge on any atom is 0.251 e. The number of carbonyl (C=O) groups is 1. The first-order valence-corrected chi connectivity index (χ1v) is 8.51. The Bertz CT molecular complexity index is 628. The van der Waals surface area contributed by atoms with Crippen molar-refractivity contribution in [2.75, 3.05) is 7.05 Å². The van der Waals surface area contributed by atoms with E-state index < -0.39 is 0 Å². The van der Waals surface area contributed by atoms with Gasteiger partial charge in [0.1, 0.15) is 11.9 Å². The van der Waals surface area contributed by atoms with E-state index in [1.807, 2.05) is 38.2 Å². The number of H-pyrrole nitrogens is 1. The summed E-state index contributed by atoms with van der Waals surface area (Å²) in [5.41, 5.74) is 1.93. The number of para-hydroxylation sites is 2. The second-order valence-corrected chi connectivity index (χ2v) is 6.33. The molecule has 1 N–H and O–H groups in total. The zero-order chi connectivity index (χ0) is 16.2. The third-order valence-corrected chi connectivity index (χ3v) is 4.51. The molecule has 1 aliphatic carbocycles.